The fraction of sp³-hybridized carbons (Fsp3) is 0.407. The predicted octanol–water partition coefficient (Wildman–Crippen LogP) is 4.77. The smallest absolute Gasteiger partial charge is 0.433 e. The average molecular weight is 613 g/mol. The number of alkyl halides is 3. The van der Waals surface area contributed by atoms with Gasteiger partial charge in [-0.2, -0.15) is 13.2 Å². The van der Waals surface area contributed by atoms with Gasteiger partial charge in [0.15, 0.2) is 16.7 Å². The van der Waals surface area contributed by atoms with Crippen molar-refractivity contribution in [2.75, 3.05) is 46.3 Å². The van der Waals surface area contributed by atoms with E-state index in [0.29, 0.717) is 66.1 Å². The zero-order valence-electron chi connectivity index (χ0n) is 22.4. The first-order chi connectivity index (χ1) is 19.6. The first kappa shape index (κ1) is 30.7. The minimum atomic E-state index is -4.71. The largest absolute Gasteiger partial charge is 0.493 e. The summed E-state index contributed by atoms with van der Waals surface area (Å²) in [5.41, 5.74) is -0.644. The predicted molar refractivity (Wildman–Crippen MR) is 148 cm³/mol. The molecular formula is C27H28ClF3N4O5S. The van der Waals surface area contributed by atoms with E-state index in [1.807, 2.05) is 0 Å². The molecule has 0 bridgehead atoms. The average Bonchev–Trinajstić information content (AvgIpc) is 2.96. The van der Waals surface area contributed by atoms with Gasteiger partial charge in [-0.3, -0.25) is 9.59 Å². The van der Waals surface area contributed by atoms with Crippen molar-refractivity contribution >= 4 is 29.3 Å². The van der Waals surface area contributed by atoms with Gasteiger partial charge in [-0.05, 0) is 30.2 Å². The number of pyridine rings is 1. The Hall–Kier alpha value is -3.29. The zero-order chi connectivity index (χ0) is 29.6. The van der Waals surface area contributed by atoms with Crippen molar-refractivity contribution in [2.45, 2.75) is 30.7 Å². The number of carbonyl (C=O) groups is 1. The molecule has 1 saturated heterocycles. The van der Waals surface area contributed by atoms with Crippen LogP contribution in [0.25, 0.3) is 11.3 Å². The lowest BCUT2D eigenvalue weighted by Crippen LogP contribution is -2.40. The first-order valence-electron chi connectivity index (χ1n) is 12.6. The topological polar surface area (TPSA) is 95.8 Å². The van der Waals surface area contributed by atoms with E-state index in [0.717, 1.165) is 17.8 Å². The fourth-order valence-electron chi connectivity index (χ4n) is 4.15. The number of morpholine rings is 1. The van der Waals surface area contributed by atoms with Crippen LogP contribution in [-0.4, -0.2) is 71.6 Å². The Labute approximate surface area is 243 Å². The second kappa shape index (κ2) is 13.6. The number of nitrogens with zero attached hydrogens (tertiary/aromatic N) is 4. The molecule has 2 aromatic heterocycles. The molecule has 41 heavy (non-hydrogen) atoms. The summed E-state index contributed by atoms with van der Waals surface area (Å²) in [6, 6.07) is 6.70. The zero-order valence-corrected chi connectivity index (χ0v) is 23.9. The van der Waals surface area contributed by atoms with Crippen molar-refractivity contribution in [1.82, 2.24) is 19.4 Å². The third kappa shape index (κ3) is 7.92. The Kier molecular flexibility index (Phi) is 10.2. The summed E-state index contributed by atoms with van der Waals surface area (Å²) in [6.45, 7) is 2.09. The number of rotatable bonds is 10. The van der Waals surface area contributed by atoms with Crippen molar-refractivity contribution in [3.8, 4) is 22.8 Å². The molecule has 0 spiro atoms. The number of aromatic nitrogens is 3. The van der Waals surface area contributed by atoms with Crippen LogP contribution in [0.5, 0.6) is 11.5 Å². The highest BCUT2D eigenvalue weighted by molar-refractivity contribution is 7.99. The van der Waals surface area contributed by atoms with Crippen LogP contribution < -0.4 is 15.0 Å². The molecule has 1 aromatic carbocycles. The molecule has 1 fully saturated rings. The summed E-state index contributed by atoms with van der Waals surface area (Å²) in [7, 11) is 2.93. The molecule has 0 atom stereocenters. The summed E-state index contributed by atoms with van der Waals surface area (Å²) in [6.07, 6.45) is -2.57. The van der Waals surface area contributed by atoms with Gasteiger partial charge in [-0.1, -0.05) is 23.4 Å². The molecule has 4 rings (SSSR count). The van der Waals surface area contributed by atoms with E-state index >= 15 is 0 Å². The van der Waals surface area contributed by atoms with E-state index < -0.39 is 11.9 Å². The highest BCUT2D eigenvalue weighted by Crippen LogP contribution is 2.34. The van der Waals surface area contributed by atoms with Gasteiger partial charge in [0.05, 0.1) is 39.7 Å². The number of amides is 1. The maximum atomic E-state index is 13.7. The van der Waals surface area contributed by atoms with Crippen LogP contribution >= 0.6 is 23.4 Å². The number of carbonyl (C=O) groups excluding carboxylic acids is 1. The number of thioether (sulfide) groups is 1. The van der Waals surface area contributed by atoms with Gasteiger partial charge >= 0.3 is 6.18 Å². The minimum absolute atomic E-state index is 0.00590. The number of benzene rings is 1. The van der Waals surface area contributed by atoms with Crippen LogP contribution in [0.4, 0.5) is 13.2 Å². The number of ether oxygens (including phenoxy) is 3. The minimum Gasteiger partial charge on any atom is -0.493 e. The number of halogens is 4. The summed E-state index contributed by atoms with van der Waals surface area (Å²) >= 11 is 7.42. The SMILES string of the molecule is COc1cc(Cl)c(Cn2cc(-c3cc(C(F)(F)F)nc(SCCCC(=O)N4CCOCC4)n3)ccc2=O)cc1OC. The monoisotopic (exact) mass is 612 g/mol. The maximum Gasteiger partial charge on any atom is 0.433 e. The molecule has 3 heterocycles. The van der Waals surface area contributed by atoms with E-state index in [4.69, 9.17) is 25.8 Å². The Morgan fingerprint density at radius 1 is 1.10 bits per heavy atom. The number of hydrogen-bond acceptors (Lipinski definition) is 8. The van der Waals surface area contributed by atoms with Gasteiger partial charge < -0.3 is 23.7 Å². The molecular weight excluding hydrogens is 585 g/mol. The van der Waals surface area contributed by atoms with E-state index in [1.54, 1.807) is 17.0 Å². The molecule has 0 N–H and O–H groups in total. The van der Waals surface area contributed by atoms with E-state index in [2.05, 4.69) is 9.97 Å². The molecule has 9 nitrogen and oxygen atoms in total. The lowest BCUT2D eigenvalue weighted by Gasteiger charge is -2.26. The highest BCUT2D eigenvalue weighted by atomic mass is 35.5. The van der Waals surface area contributed by atoms with Gasteiger partial charge in [0, 0.05) is 54.2 Å². The Balaban J connectivity index is 1.55. The second-order valence-corrected chi connectivity index (χ2v) is 10.5. The molecule has 1 aliphatic rings. The molecule has 1 amide bonds. The van der Waals surface area contributed by atoms with Crippen molar-refractivity contribution in [1.29, 1.82) is 0 Å². The highest BCUT2D eigenvalue weighted by Gasteiger charge is 2.34. The molecule has 14 heteroatoms. The Morgan fingerprint density at radius 2 is 1.80 bits per heavy atom. The number of hydrogen-bond donors (Lipinski definition) is 0. The first-order valence-corrected chi connectivity index (χ1v) is 14.0. The van der Waals surface area contributed by atoms with E-state index in [-0.39, 0.29) is 35.3 Å². The van der Waals surface area contributed by atoms with Gasteiger partial charge in [-0.15, -0.1) is 0 Å². The van der Waals surface area contributed by atoms with Gasteiger partial charge in [-0.25, -0.2) is 9.97 Å². The van der Waals surface area contributed by atoms with Crippen LogP contribution in [0.2, 0.25) is 5.02 Å². The molecule has 1 aliphatic heterocycles. The van der Waals surface area contributed by atoms with Gasteiger partial charge in [0.25, 0.3) is 5.56 Å². The molecule has 3 aromatic rings. The van der Waals surface area contributed by atoms with Crippen LogP contribution in [0.3, 0.4) is 0 Å². The molecule has 0 unspecified atom stereocenters. The van der Waals surface area contributed by atoms with E-state index in [1.165, 1.54) is 37.1 Å². The third-order valence-corrected chi connectivity index (χ3v) is 7.58. The summed E-state index contributed by atoms with van der Waals surface area (Å²) < 4.78 is 58.3. The Morgan fingerprint density at radius 3 is 2.49 bits per heavy atom. The van der Waals surface area contributed by atoms with Crippen molar-refractivity contribution in [3.05, 3.63) is 63.2 Å². The lowest BCUT2D eigenvalue weighted by molar-refractivity contribution is -0.141. The molecule has 220 valence electrons. The van der Waals surface area contributed by atoms with Crippen LogP contribution in [0.1, 0.15) is 24.1 Å². The third-order valence-electron chi connectivity index (χ3n) is 6.30. The lowest BCUT2D eigenvalue weighted by atomic mass is 10.1. The molecule has 0 radical (unpaired) electrons. The van der Waals surface area contributed by atoms with Crippen molar-refractivity contribution in [3.63, 3.8) is 0 Å². The summed E-state index contributed by atoms with van der Waals surface area (Å²) in [5.74, 6) is 1.17. The quantitative estimate of drug-likeness (QED) is 0.184. The van der Waals surface area contributed by atoms with E-state index in [9.17, 15) is 22.8 Å². The van der Waals surface area contributed by atoms with Gasteiger partial charge in [0.1, 0.15) is 5.69 Å². The second-order valence-electron chi connectivity index (χ2n) is 9.05. The van der Waals surface area contributed by atoms with Crippen LogP contribution in [-0.2, 0) is 22.3 Å². The standard InChI is InChI=1S/C27H28ClF3N4O5S/c1-38-21-12-18(19(28)13-22(21)39-2)16-35-15-17(5-6-25(35)37)20-14-23(27(29,30)31)33-26(32-20)41-11-3-4-24(36)34-7-9-40-10-8-34/h5-6,12-15H,3-4,7-11,16H2,1-2H3. The molecule has 0 aliphatic carbocycles. The van der Waals surface area contributed by atoms with Crippen LogP contribution in [0.15, 0.2) is 46.5 Å². The van der Waals surface area contributed by atoms with Crippen molar-refractivity contribution in [2.24, 2.45) is 0 Å². The summed E-state index contributed by atoms with van der Waals surface area (Å²) in [5, 5.41) is 0.251. The summed E-state index contributed by atoms with van der Waals surface area (Å²) in [4.78, 5) is 34.7. The normalized spacial score (nSPS) is 13.8. The van der Waals surface area contributed by atoms with Crippen LogP contribution in [0, 0.1) is 0 Å². The maximum absolute atomic E-state index is 13.7. The fourth-order valence-corrected chi connectivity index (χ4v) is 5.16. The van der Waals surface area contributed by atoms with Crippen molar-refractivity contribution < 1.29 is 32.2 Å². The van der Waals surface area contributed by atoms with Gasteiger partial charge in [0.2, 0.25) is 5.91 Å². The number of methoxy groups -OCH3 is 2. The Bertz CT molecular complexity index is 1450. The molecule has 0 saturated carbocycles.